The van der Waals surface area contributed by atoms with Crippen LogP contribution in [0.3, 0.4) is 0 Å². The highest BCUT2D eigenvalue weighted by molar-refractivity contribution is 6.31. The van der Waals surface area contributed by atoms with E-state index in [1.807, 2.05) is 19.9 Å². The lowest BCUT2D eigenvalue weighted by Crippen LogP contribution is -2.35. The summed E-state index contributed by atoms with van der Waals surface area (Å²) in [5, 5.41) is 21.3. The number of nitrogens with zero attached hydrogens (tertiary/aromatic N) is 3. The molecule has 0 atom stereocenters. The SMILES string of the molecule is CC1(C)C=CC(O)=C(C(=O)O)C1=Nc1c(CN2CCOCC2)cnc2ccc(Cl)cc12. The van der Waals surface area contributed by atoms with Gasteiger partial charge in [0, 0.05) is 47.2 Å². The maximum atomic E-state index is 12.0. The van der Waals surface area contributed by atoms with Gasteiger partial charge < -0.3 is 14.9 Å². The van der Waals surface area contributed by atoms with Crippen molar-refractivity contribution in [2.24, 2.45) is 10.4 Å². The van der Waals surface area contributed by atoms with Crippen molar-refractivity contribution < 1.29 is 19.7 Å². The lowest BCUT2D eigenvalue weighted by molar-refractivity contribution is -0.132. The summed E-state index contributed by atoms with van der Waals surface area (Å²) >= 11 is 6.28. The lowest BCUT2D eigenvalue weighted by Gasteiger charge is -2.29. The van der Waals surface area contributed by atoms with Crippen molar-refractivity contribution >= 4 is 39.9 Å². The van der Waals surface area contributed by atoms with E-state index >= 15 is 0 Å². The first-order valence-electron chi connectivity index (χ1n) is 10.1. The first kappa shape index (κ1) is 21.5. The summed E-state index contributed by atoms with van der Waals surface area (Å²) < 4.78 is 5.45. The zero-order chi connectivity index (χ0) is 22.2. The number of aromatic nitrogens is 1. The van der Waals surface area contributed by atoms with Crippen molar-refractivity contribution in [2.45, 2.75) is 20.4 Å². The van der Waals surface area contributed by atoms with Gasteiger partial charge in [-0.05, 0) is 24.3 Å². The largest absolute Gasteiger partial charge is 0.507 e. The average molecular weight is 442 g/mol. The molecule has 0 unspecified atom stereocenters. The molecule has 1 aromatic heterocycles. The summed E-state index contributed by atoms with van der Waals surface area (Å²) in [5.41, 5.74) is 1.59. The molecule has 1 fully saturated rings. The van der Waals surface area contributed by atoms with Gasteiger partial charge in [-0.15, -0.1) is 0 Å². The Morgan fingerprint density at radius 1 is 1.32 bits per heavy atom. The molecule has 2 aliphatic rings. The Balaban J connectivity index is 1.93. The fourth-order valence-electron chi connectivity index (χ4n) is 3.86. The Morgan fingerprint density at radius 2 is 2.06 bits per heavy atom. The second-order valence-corrected chi connectivity index (χ2v) is 8.70. The van der Waals surface area contributed by atoms with Crippen molar-refractivity contribution in [1.29, 1.82) is 0 Å². The predicted octanol–water partition coefficient (Wildman–Crippen LogP) is 4.29. The molecular formula is C23H24ClN3O4. The van der Waals surface area contributed by atoms with Gasteiger partial charge >= 0.3 is 5.97 Å². The lowest BCUT2D eigenvalue weighted by atomic mass is 9.79. The number of aliphatic carboxylic acids is 1. The molecule has 2 aromatic rings. The molecule has 4 rings (SSSR count). The average Bonchev–Trinajstić information content (AvgIpc) is 2.73. The zero-order valence-electron chi connectivity index (χ0n) is 17.4. The van der Waals surface area contributed by atoms with Gasteiger partial charge in [0.05, 0.1) is 30.1 Å². The van der Waals surface area contributed by atoms with Crippen LogP contribution in [-0.2, 0) is 16.1 Å². The molecular weight excluding hydrogens is 418 g/mol. The summed E-state index contributed by atoms with van der Waals surface area (Å²) in [6, 6.07) is 5.37. The van der Waals surface area contributed by atoms with Gasteiger partial charge in [0.25, 0.3) is 0 Å². The van der Waals surface area contributed by atoms with E-state index in [4.69, 9.17) is 21.3 Å². The number of carboxylic acids is 1. The minimum absolute atomic E-state index is 0.197. The van der Waals surface area contributed by atoms with Gasteiger partial charge in [0.1, 0.15) is 11.3 Å². The molecule has 0 radical (unpaired) electrons. The number of halogens is 1. The van der Waals surface area contributed by atoms with Crippen LogP contribution >= 0.6 is 11.6 Å². The minimum atomic E-state index is -1.22. The highest BCUT2D eigenvalue weighted by Crippen LogP contribution is 2.37. The van der Waals surface area contributed by atoms with Crippen LogP contribution in [0.4, 0.5) is 5.69 Å². The molecule has 1 aromatic carbocycles. The van der Waals surface area contributed by atoms with Crippen LogP contribution in [-0.4, -0.2) is 58.1 Å². The molecule has 1 saturated heterocycles. The Kier molecular flexibility index (Phi) is 5.83. The summed E-state index contributed by atoms with van der Waals surface area (Å²) in [6.07, 6.45) is 4.95. The predicted molar refractivity (Wildman–Crippen MR) is 120 cm³/mol. The Morgan fingerprint density at radius 3 is 2.77 bits per heavy atom. The Bertz CT molecular complexity index is 1130. The van der Waals surface area contributed by atoms with Crippen molar-refractivity contribution in [1.82, 2.24) is 9.88 Å². The van der Waals surface area contributed by atoms with Gasteiger partial charge in [-0.2, -0.15) is 0 Å². The quantitative estimate of drug-likeness (QED) is 0.735. The number of carbonyl (C=O) groups is 1. The molecule has 0 spiro atoms. The number of allylic oxidation sites excluding steroid dienone is 2. The Labute approximate surface area is 185 Å². The summed E-state index contributed by atoms with van der Waals surface area (Å²) in [4.78, 5) is 23.7. The number of morpholine rings is 1. The van der Waals surface area contributed by atoms with E-state index in [-0.39, 0.29) is 17.0 Å². The number of rotatable bonds is 4. The molecule has 1 aliphatic heterocycles. The number of aliphatic hydroxyl groups excluding tert-OH is 1. The Hall–Kier alpha value is -2.74. The topological polar surface area (TPSA) is 95.2 Å². The molecule has 7 nitrogen and oxygen atoms in total. The summed E-state index contributed by atoms with van der Waals surface area (Å²) in [7, 11) is 0. The minimum Gasteiger partial charge on any atom is -0.507 e. The van der Waals surface area contributed by atoms with Gasteiger partial charge in [0.15, 0.2) is 0 Å². The van der Waals surface area contributed by atoms with E-state index in [1.54, 1.807) is 24.4 Å². The van der Waals surface area contributed by atoms with Crippen LogP contribution in [0.5, 0.6) is 0 Å². The molecule has 0 bridgehead atoms. The monoisotopic (exact) mass is 441 g/mol. The number of aliphatic hydroxyl groups is 1. The number of pyridine rings is 1. The van der Waals surface area contributed by atoms with E-state index in [0.717, 1.165) is 24.0 Å². The normalized spacial score (nSPS) is 20.5. The summed E-state index contributed by atoms with van der Waals surface area (Å²) in [5.74, 6) is -1.53. The molecule has 0 amide bonds. The van der Waals surface area contributed by atoms with Crippen molar-refractivity contribution in [3.63, 3.8) is 0 Å². The van der Waals surface area contributed by atoms with Crippen LogP contribution in [0.15, 0.2) is 52.9 Å². The van der Waals surface area contributed by atoms with E-state index in [9.17, 15) is 15.0 Å². The van der Waals surface area contributed by atoms with Gasteiger partial charge in [-0.1, -0.05) is 31.5 Å². The molecule has 0 saturated carbocycles. The van der Waals surface area contributed by atoms with E-state index in [2.05, 4.69) is 9.88 Å². The zero-order valence-corrected chi connectivity index (χ0v) is 18.2. The number of ether oxygens (including phenoxy) is 1. The smallest absolute Gasteiger partial charge is 0.341 e. The molecule has 31 heavy (non-hydrogen) atoms. The molecule has 1 aliphatic carbocycles. The number of fused-ring (bicyclic) bond motifs is 1. The first-order valence-corrected chi connectivity index (χ1v) is 10.5. The molecule has 2 N–H and O–H groups in total. The first-order chi connectivity index (χ1) is 14.8. The van der Waals surface area contributed by atoms with Crippen LogP contribution in [0.25, 0.3) is 10.9 Å². The van der Waals surface area contributed by atoms with Gasteiger partial charge in [0.2, 0.25) is 0 Å². The molecule has 2 heterocycles. The van der Waals surface area contributed by atoms with Crippen molar-refractivity contribution in [2.75, 3.05) is 26.3 Å². The van der Waals surface area contributed by atoms with Crippen LogP contribution in [0.2, 0.25) is 5.02 Å². The molecule has 8 heteroatoms. The van der Waals surface area contributed by atoms with Crippen LogP contribution in [0.1, 0.15) is 19.4 Å². The standard InChI is InChI=1S/C23H24ClN3O4/c1-23(2)6-5-18(28)19(22(29)30)21(23)26-20-14(13-27-7-9-31-10-8-27)12-25-17-4-3-15(24)11-16(17)20/h3-6,11-12,28H,7-10,13H2,1-2H3,(H,29,30). The third kappa shape index (κ3) is 4.35. The van der Waals surface area contributed by atoms with E-state index in [1.165, 1.54) is 6.08 Å². The second-order valence-electron chi connectivity index (χ2n) is 8.26. The highest BCUT2D eigenvalue weighted by Gasteiger charge is 2.35. The third-order valence-electron chi connectivity index (χ3n) is 5.57. The number of hydrogen-bond donors (Lipinski definition) is 2. The maximum Gasteiger partial charge on any atom is 0.341 e. The van der Waals surface area contributed by atoms with Gasteiger partial charge in [-0.3, -0.25) is 14.9 Å². The van der Waals surface area contributed by atoms with Crippen LogP contribution < -0.4 is 0 Å². The fraction of sp³-hybridized carbons (Fsp3) is 0.348. The van der Waals surface area contributed by atoms with Crippen molar-refractivity contribution in [3.05, 3.63) is 58.5 Å². The molecule has 162 valence electrons. The third-order valence-corrected chi connectivity index (χ3v) is 5.81. The van der Waals surface area contributed by atoms with E-state index < -0.39 is 11.4 Å². The van der Waals surface area contributed by atoms with Crippen LogP contribution in [0, 0.1) is 5.41 Å². The second kappa shape index (κ2) is 8.42. The number of carboxylic acid groups (broad SMARTS) is 1. The number of benzene rings is 1. The van der Waals surface area contributed by atoms with Crippen molar-refractivity contribution in [3.8, 4) is 0 Å². The fourth-order valence-corrected chi connectivity index (χ4v) is 4.03. The maximum absolute atomic E-state index is 12.0. The van der Waals surface area contributed by atoms with E-state index in [0.29, 0.717) is 36.0 Å². The highest BCUT2D eigenvalue weighted by atomic mass is 35.5. The number of aliphatic imine (C=N–C) groups is 1. The van der Waals surface area contributed by atoms with Gasteiger partial charge in [-0.25, -0.2) is 4.79 Å². The summed E-state index contributed by atoms with van der Waals surface area (Å²) in [6.45, 7) is 7.24. The number of hydrogen-bond acceptors (Lipinski definition) is 6.